The highest BCUT2D eigenvalue weighted by Crippen LogP contribution is 2.16. The van der Waals surface area contributed by atoms with Gasteiger partial charge in [0.25, 0.3) is 0 Å². The molecule has 0 spiro atoms. The first-order chi connectivity index (χ1) is 14.2. The number of aryl methyl sites for hydroxylation is 1. The average Bonchev–Trinajstić information content (AvgIpc) is 2.99. The highest BCUT2D eigenvalue weighted by molar-refractivity contribution is 6.00. The molecule has 0 fully saturated rings. The Morgan fingerprint density at radius 3 is 2.43 bits per heavy atom. The van der Waals surface area contributed by atoms with Crippen LogP contribution in [0.2, 0.25) is 0 Å². The Kier molecular flexibility index (Phi) is 7.98. The maximum Gasteiger partial charge on any atom is 0.338 e. The predicted molar refractivity (Wildman–Crippen MR) is 116 cm³/mol. The quantitative estimate of drug-likeness (QED) is 0.375. The van der Waals surface area contributed by atoms with Gasteiger partial charge in [-0.25, -0.2) is 9.59 Å². The average molecular weight is 412 g/mol. The van der Waals surface area contributed by atoms with Gasteiger partial charge in [0.1, 0.15) is 0 Å². The van der Waals surface area contributed by atoms with E-state index in [0.717, 1.165) is 17.0 Å². The molecule has 0 saturated heterocycles. The van der Waals surface area contributed by atoms with Crippen LogP contribution in [0.25, 0.3) is 0 Å². The molecule has 0 bridgehead atoms. The van der Waals surface area contributed by atoms with Crippen LogP contribution in [0, 0.1) is 13.8 Å². The summed E-state index contributed by atoms with van der Waals surface area (Å²) in [4.78, 5) is 36.4. The normalized spacial score (nSPS) is 10.6. The lowest BCUT2D eigenvalue weighted by Gasteiger charge is -2.10. The van der Waals surface area contributed by atoms with Crippen LogP contribution in [0.1, 0.15) is 51.5 Å². The third-order valence-corrected chi connectivity index (χ3v) is 4.58. The number of ketones is 1. The van der Waals surface area contributed by atoms with E-state index in [0.29, 0.717) is 24.2 Å². The van der Waals surface area contributed by atoms with E-state index in [2.05, 4.69) is 17.2 Å². The van der Waals surface area contributed by atoms with Crippen molar-refractivity contribution in [1.82, 2.24) is 15.2 Å². The molecule has 0 radical (unpaired) electrons. The summed E-state index contributed by atoms with van der Waals surface area (Å²) in [6, 6.07) is 8.29. The molecule has 0 saturated carbocycles. The highest BCUT2D eigenvalue weighted by atomic mass is 16.5. The van der Waals surface area contributed by atoms with Gasteiger partial charge in [0.05, 0.1) is 5.56 Å². The Hall–Kier alpha value is -3.35. The van der Waals surface area contributed by atoms with Crippen molar-refractivity contribution in [3.05, 3.63) is 71.1 Å². The lowest BCUT2D eigenvalue weighted by molar-refractivity contribution is 0.0474. The standard InChI is InChI=1S/C23H29N3O4/c1-6-11-26-16(4)12-20(17(26)5)21(27)14-30-22(28)19-9-7-18(8-10-19)13-24-23(29)25-15(2)3/h6-10,12,15H,1,11,13-14H2,2-5H3,(H2,24,25,29). The number of Topliss-reactive ketones (excluding diaryl/α,β-unsaturated/α-hetero) is 1. The Balaban J connectivity index is 1.90. The van der Waals surface area contributed by atoms with E-state index in [1.54, 1.807) is 36.4 Å². The predicted octanol–water partition coefficient (Wildman–Crippen LogP) is 3.54. The number of nitrogens with one attached hydrogen (secondary N) is 2. The molecule has 2 rings (SSSR count). The molecule has 160 valence electrons. The van der Waals surface area contributed by atoms with Gasteiger partial charge in [-0.15, -0.1) is 6.58 Å². The summed E-state index contributed by atoms with van der Waals surface area (Å²) in [5.74, 6) is -0.816. The number of rotatable bonds is 9. The first kappa shape index (κ1) is 22.9. The summed E-state index contributed by atoms with van der Waals surface area (Å²) in [6.45, 7) is 11.9. The zero-order valence-corrected chi connectivity index (χ0v) is 18.0. The Labute approximate surface area is 177 Å². The number of hydrogen-bond donors (Lipinski definition) is 2. The summed E-state index contributed by atoms with van der Waals surface area (Å²) < 4.78 is 7.17. The smallest absolute Gasteiger partial charge is 0.338 e. The first-order valence-corrected chi connectivity index (χ1v) is 9.84. The minimum absolute atomic E-state index is 0.0538. The van der Waals surface area contributed by atoms with Crippen molar-refractivity contribution in [1.29, 1.82) is 0 Å². The van der Waals surface area contributed by atoms with Crippen molar-refractivity contribution < 1.29 is 19.1 Å². The fourth-order valence-corrected chi connectivity index (χ4v) is 3.04. The molecule has 0 aliphatic heterocycles. The van der Waals surface area contributed by atoms with Crippen molar-refractivity contribution in [2.45, 2.75) is 46.8 Å². The fourth-order valence-electron chi connectivity index (χ4n) is 3.04. The SMILES string of the molecule is C=CCn1c(C)cc(C(=O)COC(=O)c2ccc(CNC(=O)NC(C)C)cc2)c1C. The highest BCUT2D eigenvalue weighted by Gasteiger charge is 2.17. The van der Waals surface area contributed by atoms with Gasteiger partial charge in [-0.1, -0.05) is 18.2 Å². The van der Waals surface area contributed by atoms with Gasteiger partial charge in [0, 0.05) is 36.1 Å². The van der Waals surface area contributed by atoms with Crippen molar-refractivity contribution in [2.75, 3.05) is 6.61 Å². The molecule has 7 heteroatoms. The second-order valence-electron chi connectivity index (χ2n) is 7.36. The van der Waals surface area contributed by atoms with Crippen LogP contribution in [0.4, 0.5) is 4.79 Å². The maximum absolute atomic E-state index is 12.5. The molecule has 0 aliphatic rings. The summed E-state index contributed by atoms with van der Waals surface area (Å²) in [7, 11) is 0. The number of esters is 1. The topological polar surface area (TPSA) is 89.4 Å². The number of ether oxygens (including phenoxy) is 1. The largest absolute Gasteiger partial charge is 0.454 e. The Bertz CT molecular complexity index is 927. The van der Waals surface area contributed by atoms with E-state index < -0.39 is 5.97 Å². The van der Waals surface area contributed by atoms with Crippen LogP contribution in [0.15, 0.2) is 43.0 Å². The van der Waals surface area contributed by atoms with Crippen LogP contribution < -0.4 is 10.6 Å². The lowest BCUT2D eigenvalue weighted by Crippen LogP contribution is -2.39. The molecule has 0 atom stereocenters. The summed E-state index contributed by atoms with van der Waals surface area (Å²) >= 11 is 0. The molecule has 2 N–H and O–H groups in total. The number of amides is 2. The number of nitrogens with zero attached hydrogens (tertiary/aromatic N) is 1. The van der Waals surface area contributed by atoms with E-state index in [1.807, 2.05) is 32.3 Å². The van der Waals surface area contributed by atoms with Crippen LogP contribution >= 0.6 is 0 Å². The summed E-state index contributed by atoms with van der Waals surface area (Å²) in [6.07, 6.45) is 1.77. The minimum Gasteiger partial charge on any atom is -0.454 e. The van der Waals surface area contributed by atoms with Gasteiger partial charge in [0.2, 0.25) is 5.78 Å². The van der Waals surface area contributed by atoms with E-state index in [1.165, 1.54) is 0 Å². The third kappa shape index (κ3) is 6.07. The third-order valence-electron chi connectivity index (χ3n) is 4.58. The van der Waals surface area contributed by atoms with Crippen molar-refractivity contribution in [3.8, 4) is 0 Å². The van der Waals surface area contributed by atoms with Gasteiger partial charge >= 0.3 is 12.0 Å². The molecule has 7 nitrogen and oxygen atoms in total. The zero-order chi connectivity index (χ0) is 22.3. The van der Waals surface area contributed by atoms with Gasteiger partial charge in [-0.05, 0) is 51.5 Å². The number of carbonyl (C=O) groups excluding carboxylic acids is 3. The molecule has 1 aromatic carbocycles. The fraction of sp³-hybridized carbons (Fsp3) is 0.348. The molecule has 0 aliphatic carbocycles. The second kappa shape index (κ2) is 10.4. The summed E-state index contributed by atoms with van der Waals surface area (Å²) in [5.41, 5.74) is 3.51. The Morgan fingerprint density at radius 2 is 1.83 bits per heavy atom. The van der Waals surface area contributed by atoms with Crippen LogP contribution in [-0.4, -0.2) is 35.0 Å². The number of aromatic nitrogens is 1. The van der Waals surface area contributed by atoms with Crippen LogP contribution in [0.5, 0.6) is 0 Å². The first-order valence-electron chi connectivity index (χ1n) is 9.84. The van der Waals surface area contributed by atoms with Gasteiger partial charge in [0.15, 0.2) is 6.61 Å². The molecular formula is C23H29N3O4. The monoisotopic (exact) mass is 411 g/mol. The lowest BCUT2D eigenvalue weighted by atomic mass is 10.1. The van der Waals surface area contributed by atoms with Crippen molar-refractivity contribution in [2.24, 2.45) is 0 Å². The number of allylic oxidation sites excluding steroid dienone is 1. The minimum atomic E-state index is -0.569. The molecule has 0 unspecified atom stereocenters. The molecule has 1 heterocycles. The number of carbonyl (C=O) groups is 3. The summed E-state index contributed by atoms with van der Waals surface area (Å²) in [5, 5.41) is 5.48. The zero-order valence-electron chi connectivity index (χ0n) is 18.0. The van der Waals surface area contributed by atoms with Gasteiger partial charge in [-0.3, -0.25) is 4.79 Å². The van der Waals surface area contributed by atoms with E-state index in [-0.39, 0.29) is 24.5 Å². The van der Waals surface area contributed by atoms with E-state index in [4.69, 9.17) is 4.74 Å². The number of urea groups is 1. The Morgan fingerprint density at radius 1 is 1.17 bits per heavy atom. The van der Waals surface area contributed by atoms with E-state index >= 15 is 0 Å². The van der Waals surface area contributed by atoms with Crippen LogP contribution in [0.3, 0.4) is 0 Å². The maximum atomic E-state index is 12.5. The van der Waals surface area contributed by atoms with Crippen molar-refractivity contribution >= 4 is 17.8 Å². The second-order valence-corrected chi connectivity index (χ2v) is 7.36. The van der Waals surface area contributed by atoms with Crippen LogP contribution in [-0.2, 0) is 17.8 Å². The number of benzene rings is 1. The molecular weight excluding hydrogens is 382 g/mol. The molecule has 30 heavy (non-hydrogen) atoms. The molecule has 1 aromatic heterocycles. The van der Waals surface area contributed by atoms with Gasteiger partial charge < -0.3 is 19.9 Å². The molecule has 2 aromatic rings. The number of hydrogen-bond acceptors (Lipinski definition) is 4. The van der Waals surface area contributed by atoms with Crippen molar-refractivity contribution in [3.63, 3.8) is 0 Å². The molecule has 2 amide bonds. The van der Waals surface area contributed by atoms with Gasteiger partial charge in [-0.2, -0.15) is 0 Å². The van der Waals surface area contributed by atoms with E-state index in [9.17, 15) is 14.4 Å².